The van der Waals surface area contributed by atoms with Crippen molar-refractivity contribution in [3.63, 3.8) is 0 Å². The first-order valence-corrected chi connectivity index (χ1v) is 10.7. The number of rotatable bonds is 7. The number of benzene rings is 1. The van der Waals surface area contributed by atoms with Gasteiger partial charge in [0.25, 0.3) is 0 Å². The van der Waals surface area contributed by atoms with Crippen LogP contribution in [0.25, 0.3) is 17.1 Å². The number of pyridine rings is 1. The van der Waals surface area contributed by atoms with Gasteiger partial charge in [0, 0.05) is 36.0 Å². The molecule has 1 atom stereocenters. The lowest BCUT2D eigenvalue weighted by Crippen LogP contribution is -2.21. The largest absolute Gasteiger partial charge is 0.494 e. The first kappa shape index (κ1) is 19.0. The molecular formula is C21H24N4O2S. The van der Waals surface area contributed by atoms with Crippen LogP contribution in [-0.2, 0) is 4.74 Å². The summed E-state index contributed by atoms with van der Waals surface area (Å²) >= 11 is 1.69. The van der Waals surface area contributed by atoms with Gasteiger partial charge in [0.15, 0.2) is 11.0 Å². The van der Waals surface area contributed by atoms with E-state index < -0.39 is 0 Å². The zero-order chi connectivity index (χ0) is 19.2. The third kappa shape index (κ3) is 4.36. The predicted octanol–water partition coefficient (Wildman–Crippen LogP) is 4.39. The van der Waals surface area contributed by atoms with Crippen molar-refractivity contribution in [1.29, 1.82) is 0 Å². The van der Waals surface area contributed by atoms with Gasteiger partial charge in [-0.25, -0.2) is 0 Å². The van der Waals surface area contributed by atoms with E-state index in [0.29, 0.717) is 6.61 Å². The van der Waals surface area contributed by atoms with Crippen LogP contribution in [0.3, 0.4) is 0 Å². The van der Waals surface area contributed by atoms with Gasteiger partial charge in [-0.1, -0.05) is 11.8 Å². The van der Waals surface area contributed by atoms with Crippen molar-refractivity contribution in [2.24, 2.45) is 0 Å². The number of hydrogen-bond donors (Lipinski definition) is 0. The number of aromatic nitrogens is 4. The minimum absolute atomic E-state index is 0.283. The van der Waals surface area contributed by atoms with Crippen LogP contribution < -0.4 is 4.74 Å². The van der Waals surface area contributed by atoms with Crippen molar-refractivity contribution in [1.82, 2.24) is 19.7 Å². The highest BCUT2D eigenvalue weighted by Crippen LogP contribution is 2.30. The van der Waals surface area contributed by atoms with Gasteiger partial charge in [-0.2, -0.15) is 0 Å². The van der Waals surface area contributed by atoms with Gasteiger partial charge in [0.05, 0.1) is 12.7 Å². The zero-order valence-electron chi connectivity index (χ0n) is 16.0. The second-order valence-electron chi connectivity index (χ2n) is 6.61. The van der Waals surface area contributed by atoms with Crippen LogP contribution in [0.2, 0.25) is 0 Å². The SMILES string of the molecule is CCOc1ccc(-n2c(SCC3CCCCO3)nnc2-c2cccnc2)cc1. The van der Waals surface area contributed by atoms with Gasteiger partial charge >= 0.3 is 0 Å². The molecule has 1 unspecified atom stereocenters. The predicted molar refractivity (Wildman–Crippen MR) is 110 cm³/mol. The minimum atomic E-state index is 0.283. The molecule has 1 aromatic carbocycles. The topological polar surface area (TPSA) is 62.1 Å². The normalized spacial score (nSPS) is 16.8. The number of hydrogen-bond acceptors (Lipinski definition) is 6. The van der Waals surface area contributed by atoms with E-state index in [0.717, 1.165) is 53.2 Å². The van der Waals surface area contributed by atoms with Crippen molar-refractivity contribution in [3.05, 3.63) is 48.8 Å². The van der Waals surface area contributed by atoms with Gasteiger partial charge in [-0.3, -0.25) is 9.55 Å². The Bertz CT molecular complexity index is 877. The molecule has 0 radical (unpaired) electrons. The average Bonchev–Trinajstić information content (AvgIpc) is 3.18. The molecule has 0 amide bonds. The summed E-state index contributed by atoms with van der Waals surface area (Å²) in [7, 11) is 0. The van der Waals surface area contributed by atoms with E-state index in [1.807, 2.05) is 49.5 Å². The highest BCUT2D eigenvalue weighted by Gasteiger charge is 2.20. The molecule has 6 nitrogen and oxygen atoms in total. The average molecular weight is 397 g/mol. The van der Waals surface area contributed by atoms with Crippen LogP contribution in [0.15, 0.2) is 53.9 Å². The van der Waals surface area contributed by atoms with E-state index in [-0.39, 0.29) is 6.10 Å². The van der Waals surface area contributed by atoms with E-state index in [9.17, 15) is 0 Å². The zero-order valence-corrected chi connectivity index (χ0v) is 16.8. The Balaban J connectivity index is 1.65. The summed E-state index contributed by atoms with van der Waals surface area (Å²) in [5, 5.41) is 9.80. The molecule has 1 saturated heterocycles. The number of nitrogens with zero attached hydrogens (tertiary/aromatic N) is 4. The lowest BCUT2D eigenvalue weighted by molar-refractivity contribution is 0.0315. The van der Waals surface area contributed by atoms with Crippen molar-refractivity contribution in [2.75, 3.05) is 19.0 Å². The minimum Gasteiger partial charge on any atom is -0.494 e. The fourth-order valence-corrected chi connectivity index (χ4v) is 4.26. The third-order valence-corrected chi connectivity index (χ3v) is 5.69. The molecule has 1 aliphatic rings. The quantitative estimate of drug-likeness (QED) is 0.552. The molecule has 28 heavy (non-hydrogen) atoms. The van der Waals surface area contributed by atoms with Gasteiger partial charge in [0.2, 0.25) is 0 Å². The lowest BCUT2D eigenvalue weighted by atomic mass is 10.1. The van der Waals surface area contributed by atoms with Crippen LogP contribution in [0.1, 0.15) is 26.2 Å². The Hall–Kier alpha value is -2.38. The van der Waals surface area contributed by atoms with E-state index in [4.69, 9.17) is 9.47 Å². The highest BCUT2D eigenvalue weighted by molar-refractivity contribution is 7.99. The van der Waals surface area contributed by atoms with Gasteiger partial charge < -0.3 is 9.47 Å². The van der Waals surface area contributed by atoms with Crippen molar-refractivity contribution < 1.29 is 9.47 Å². The van der Waals surface area contributed by atoms with E-state index in [1.165, 1.54) is 6.42 Å². The Morgan fingerprint density at radius 3 is 2.79 bits per heavy atom. The molecule has 1 fully saturated rings. The van der Waals surface area contributed by atoms with Gasteiger partial charge in [-0.15, -0.1) is 10.2 Å². The second-order valence-corrected chi connectivity index (χ2v) is 7.60. The van der Waals surface area contributed by atoms with Gasteiger partial charge in [0.1, 0.15) is 5.75 Å². The first-order chi connectivity index (χ1) is 13.8. The molecule has 1 aliphatic heterocycles. The molecule has 4 rings (SSSR count). The Kier molecular flexibility index (Phi) is 6.24. The summed E-state index contributed by atoms with van der Waals surface area (Å²) in [6.07, 6.45) is 7.36. The van der Waals surface area contributed by atoms with Crippen molar-refractivity contribution >= 4 is 11.8 Å². The highest BCUT2D eigenvalue weighted by atomic mass is 32.2. The van der Waals surface area contributed by atoms with Crippen LogP contribution in [0.5, 0.6) is 5.75 Å². The summed E-state index contributed by atoms with van der Waals surface area (Å²) in [5.74, 6) is 2.51. The summed E-state index contributed by atoms with van der Waals surface area (Å²) in [6.45, 7) is 3.49. The van der Waals surface area contributed by atoms with Crippen molar-refractivity contribution in [2.45, 2.75) is 37.4 Å². The summed E-state index contributed by atoms with van der Waals surface area (Å²) in [4.78, 5) is 4.24. The van der Waals surface area contributed by atoms with E-state index >= 15 is 0 Å². The second kappa shape index (κ2) is 9.21. The maximum Gasteiger partial charge on any atom is 0.196 e. The molecule has 0 spiro atoms. The van der Waals surface area contributed by atoms with Crippen LogP contribution in [0, 0.1) is 0 Å². The van der Waals surface area contributed by atoms with Crippen molar-refractivity contribution in [3.8, 4) is 22.8 Å². The maximum atomic E-state index is 5.87. The van der Waals surface area contributed by atoms with Crippen LogP contribution in [-0.4, -0.2) is 44.8 Å². The standard InChI is InChI=1S/C21H24N4O2S/c1-2-26-18-10-8-17(9-11-18)25-20(16-6-5-12-22-14-16)23-24-21(25)28-15-19-7-3-4-13-27-19/h5-6,8-12,14,19H,2-4,7,13,15H2,1H3. The lowest BCUT2D eigenvalue weighted by Gasteiger charge is -2.22. The fourth-order valence-electron chi connectivity index (χ4n) is 3.24. The maximum absolute atomic E-state index is 5.87. The molecule has 3 aromatic rings. The number of thioether (sulfide) groups is 1. The molecule has 2 aromatic heterocycles. The molecule has 3 heterocycles. The summed E-state index contributed by atoms with van der Waals surface area (Å²) in [6, 6.07) is 11.9. The smallest absolute Gasteiger partial charge is 0.196 e. The molecule has 146 valence electrons. The Morgan fingerprint density at radius 1 is 1.18 bits per heavy atom. The number of ether oxygens (including phenoxy) is 2. The molecule has 0 aliphatic carbocycles. The first-order valence-electron chi connectivity index (χ1n) is 9.68. The molecule has 7 heteroatoms. The Labute approximate surface area is 169 Å². The molecule has 0 N–H and O–H groups in total. The fraction of sp³-hybridized carbons (Fsp3) is 0.381. The van der Waals surface area contributed by atoms with Crippen LogP contribution >= 0.6 is 11.8 Å². The monoisotopic (exact) mass is 396 g/mol. The van der Waals surface area contributed by atoms with E-state index in [1.54, 1.807) is 18.0 Å². The molecule has 0 saturated carbocycles. The van der Waals surface area contributed by atoms with E-state index in [2.05, 4.69) is 19.7 Å². The molecule has 0 bridgehead atoms. The van der Waals surface area contributed by atoms with Crippen LogP contribution in [0.4, 0.5) is 0 Å². The Morgan fingerprint density at radius 2 is 2.07 bits per heavy atom. The van der Waals surface area contributed by atoms with Gasteiger partial charge in [-0.05, 0) is 62.6 Å². The molecular weight excluding hydrogens is 372 g/mol. The summed E-state index contributed by atoms with van der Waals surface area (Å²) in [5.41, 5.74) is 1.93. The third-order valence-electron chi connectivity index (χ3n) is 4.63. The summed E-state index contributed by atoms with van der Waals surface area (Å²) < 4.78 is 13.5.